The number of phenols is 2. The molecule has 0 saturated heterocycles. The molecule has 0 amide bonds. The molecule has 0 bridgehead atoms. The maximum Gasteiger partial charge on any atom is 0.167 e. The van der Waals surface area contributed by atoms with Gasteiger partial charge in [0.1, 0.15) is 11.6 Å². The van der Waals surface area contributed by atoms with Gasteiger partial charge in [-0.2, -0.15) is 0 Å². The van der Waals surface area contributed by atoms with Crippen molar-refractivity contribution in [3.05, 3.63) is 66.4 Å². The largest absolute Gasteiger partial charge is 0.508 e. The average molecular weight is 275 g/mol. The molecule has 5 heteroatoms. The van der Waals surface area contributed by atoms with Crippen LogP contribution in [0.1, 0.15) is 0 Å². The topological polar surface area (TPSA) is 53.4 Å². The van der Waals surface area contributed by atoms with Crippen LogP contribution in [0, 0.1) is 11.6 Å². The van der Waals surface area contributed by atoms with Gasteiger partial charge in [-0.1, -0.05) is 6.07 Å². The van der Waals surface area contributed by atoms with E-state index in [0.717, 1.165) is 23.0 Å². The first kappa shape index (κ1) is 13.7. The zero-order valence-corrected chi connectivity index (χ0v) is 10.3. The first-order valence-corrected chi connectivity index (χ1v) is 5.74. The van der Waals surface area contributed by atoms with E-state index in [2.05, 4.69) is 4.98 Å². The molecule has 0 spiro atoms. The monoisotopic (exact) mass is 275 g/mol. The molecule has 0 aliphatic heterocycles. The molecule has 3 rings (SSSR count). The van der Waals surface area contributed by atoms with Crippen molar-refractivity contribution in [1.82, 2.24) is 4.98 Å². The molecule has 102 valence electrons. The molecule has 1 heterocycles. The lowest BCUT2D eigenvalue weighted by atomic mass is 10.2. The van der Waals surface area contributed by atoms with Crippen LogP contribution >= 0.6 is 0 Å². The molecule has 3 aromatic rings. The number of rotatable bonds is 0. The number of benzene rings is 2. The van der Waals surface area contributed by atoms with Crippen molar-refractivity contribution in [2.45, 2.75) is 0 Å². The van der Waals surface area contributed by atoms with Crippen molar-refractivity contribution in [2.75, 3.05) is 0 Å². The zero-order chi connectivity index (χ0) is 14.5. The number of nitrogens with zero attached hydrogens (tertiary/aromatic N) is 1. The number of fused-ring (bicyclic) bond motifs is 1. The predicted octanol–water partition coefficient (Wildman–Crippen LogP) is 3.61. The van der Waals surface area contributed by atoms with Crippen molar-refractivity contribution in [3.8, 4) is 11.5 Å². The van der Waals surface area contributed by atoms with Gasteiger partial charge in [-0.15, -0.1) is 0 Å². The Morgan fingerprint density at radius 2 is 1.70 bits per heavy atom. The summed E-state index contributed by atoms with van der Waals surface area (Å²) < 4.78 is 24.1. The second-order valence-electron chi connectivity index (χ2n) is 3.98. The van der Waals surface area contributed by atoms with Gasteiger partial charge in [0, 0.05) is 23.7 Å². The van der Waals surface area contributed by atoms with Crippen LogP contribution in [-0.4, -0.2) is 15.2 Å². The molecule has 1 aromatic heterocycles. The second-order valence-corrected chi connectivity index (χ2v) is 3.98. The Labute approximate surface area is 113 Å². The molecule has 3 nitrogen and oxygen atoms in total. The van der Waals surface area contributed by atoms with E-state index in [1.54, 1.807) is 18.3 Å². The van der Waals surface area contributed by atoms with Gasteiger partial charge in [0.05, 0.1) is 5.52 Å². The lowest BCUT2D eigenvalue weighted by molar-refractivity contribution is 0.428. The number of phenolic OH excluding ortho intramolecular Hbond substituents is 2. The van der Waals surface area contributed by atoms with E-state index in [4.69, 9.17) is 10.2 Å². The fourth-order valence-corrected chi connectivity index (χ4v) is 1.54. The summed E-state index contributed by atoms with van der Waals surface area (Å²) in [5, 5.41) is 18.6. The van der Waals surface area contributed by atoms with Crippen molar-refractivity contribution in [3.63, 3.8) is 0 Å². The predicted molar refractivity (Wildman–Crippen MR) is 71.4 cm³/mol. The molecule has 0 aliphatic rings. The van der Waals surface area contributed by atoms with E-state index in [1.807, 2.05) is 18.2 Å². The summed E-state index contributed by atoms with van der Waals surface area (Å²) in [5.41, 5.74) is 0.826. The molecule has 0 fully saturated rings. The fourth-order valence-electron chi connectivity index (χ4n) is 1.54. The number of pyridine rings is 1. The quantitative estimate of drug-likeness (QED) is 0.659. The summed E-state index contributed by atoms with van der Waals surface area (Å²) in [6, 6.07) is 11.6. The first-order chi connectivity index (χ1) is 9.56. The fraction of sp³-hybridized carbons (Fsp3) is 0. The summed E-state index contributed by atoms with van der Waals surface area (Å²) in [5.74, 6) is -1.90. The van der Waals surface area contributed by atoms with E-state index < -0.39 is 17.4 Å². The summed E-state index contributed by atoms with van der Waals surface area (Å²) in [6.07, 6.45) is 1.71. The molecular weight excluding hydrogens is 264 g/mol. The highest BCUT2D eigenvalue weighted by molar-refractivity contribution is 5.79. The van der Waals surface area contributed by atoms with Crippen LogP contribution in [0.5, 0.6) is 11.5 Å². The summed E-state index contributed by atoms with van der Waals surface area (Å²) in [4.78, 5) is 4.08. The second kappa shape index (κ2) is 5.97. The molecule has 0 saturated carbocycles. The highest BCUT2D eigenvalue weighted by Crippen LogP contribution is 2.16. The van der Waals surface area contributed by atoms with Gasteiger partial charge in [-0.25, -0.2) is 8.78 Å². The van der Waals surface area contributed by atoms with E-state index in [1.165, 1.54) is 0 Å². The van der Waals surface area contributed by atoms with E-state index in [0.29, 0.717) is 6.07 Å². The summed E-state index contributed by atoms with van der Waals surface area (Å²) in [6.45, 7) is 0. The number of halogens is 2. The molecule has 0 aliphatic carbocycles. The van der Waals surface area contributed by atoms with Gasteiger partial charge in [-0.3, -0.25) is 4.98 Å². The molecule has 0 unspecified atom stereocenters. The lowest BCUT2D eigenvalue weighted by Gasteiger charge is -1.95. The third-order valence-electron chi connectivity index (χ3n) is 2.50. The Balaban J connectivity index is 0.000000151. The molecular formula is C15H11F2NO2. The Kier molecular flexibility index (Phi) is 4.10. The third-order valence-corrected chi connectivity index (χ3v) is 2.50. The SMILES string of the molecule is Oc1ccc(F)cc1F.Oc1ccc2cccnc2c1. The van der Waals surface area contributed by atoms with Gasteiger partial charge in [0.15, 0.2) is 11.6 Å². The van der Waals surface area contributed by atoms with Crippen LogP contribution in [0.4, 0.5) is 8.78 Å². The van der Waals surface area contributed by atoms with Crippen molar-refractivity contribution in [2.24, 2.45) is 0 Å². The normalized spacial score (nSPS) is 9.90. The smallest absolute Gasteiger partial charge is 0.167 e. The van der Waals surface area contributed by atoms with Crippen LogP contribution in [-0.2, 0) is 0 Å². The van der Waals surface area contributed by atoms with Crippen molar-refractivity contribution < 1.29 is 19.0 Å². The molecule has 20 heavy (non-hydrogen) atoms. The minimum atomic E-state index is -0.935. The van der Waals surface area contributed by atoms with Gasteiger partial charge < -0.3 is 10.2 Å². The van der Waals surface area contributed by atoms with E-state index in [-0.39, 0.29) is 5.75 Å². The average Bonchev–Trinajstić information content (AvgIpc) is 2.44. The van der Waals surface area contributed by atoms with Gasteiger partial charge in [-0.05, 0) is 30.3 Å². The van der Waals surface area contributed by atoms with Crippen molar-refractivity contribution >= 4 is 10.9 Å². The van der Waals surface area contributed by atoms with Gasteiger partial charge in [0.2, 0.25) is 0 Å². The van der Waals surface area contributed by atoms with Crippen LogP contribution < -0.4 is 0 Å². The number of hydrogen-bond donors (Lipinski definition) is 2. The zero-order valence-electron chi connectivity index (χ0n) is 10.3. The Morgan fingerprint density at radius 3 is 2.40 bits per heavy atom. The lowest BCUT2D eigenvalue weighted by Crippen LogP contribution is -1.77. The Hall–Kier alpha value is -2.69. The third kappa shape index (κ3) is 3.41. The van der Waals surface area contributed by atoms with Crippen molar-refractivity contribution in [1.29, 1.82) is 0 Å². The first-order valence-electron chi connectivity index (χ1n) is 5.74. The number of aromatic hydroxyl groups is 2. The molecule has 0 radical (unpaired) electrons. The standard InChI is InChI=1S/C9H7NO.C6H4F2O/c11-8-4-3-7-2-1-5-10-9(7)6-8;7-4-1-2-6(9)5(8)3-4/h1-6,11H;1-3,9H. The Morgan fingerprint density at radius 1 is 0.900 bits per heavy atom. The van der Waals surface area contributed by atoms with Gasteiger partial charge >= 0.3 is 0 Å². The summed E-state index contributed by atoms with van der Waals surface area (Å²) >= 11 is 0. The Bertz CT molecular complexity index is 732. The molecule has 0 atom stereocenters. The van der Waals surface area contributed by atoms with Crippen LogP contribution in [0.3, 0.4) is 0 Å². The highest BCUT2D eigenvalue weighted by Gasteiger charge is 1.98. The minimum absolute atomic E-state index is 0.260. The van der Waals surface area contributed by atoms with Gasteiger partial charge in [0.25, 0.3) is 0 Å². The molecule has 2 N–H and O–H groups in total. The van der Waals surface area contributed by atoms with E-state index in [9.17, 15) is 8.78 Å². The van der Waals surface area contributed by atoms with E-state index >= 15 is 0 Å². The minimum Gasteiger partial charge on any atom is -0.508 e. The maximum atomic E-state index is 12.1. The maximum absolute atomic E-state index is 12.1. The number of hydrogen-bond acceptors (Lipinski definition) is 3. The molecule has 2 aromatic carbocycles. The summed E-state index contributed by atoms with van der Waals surface area (Å²) in [7, 11) is 0. The highest BCUT2D eigenvalue weighted by atomic mass is 19.1. The number of aromatic nitrogens is 1. The van der Waals surface area contributed by atoms with Crippen LogP contribution in [0.25, 0.3) is 10.9 Å². The van der Waals surface area contributed by atoms with Crippen LogP contribution in [0.2, 0.25) is 0 Å². The van der Waals surface area contributed by atoms with Crippen LogP contribution in [0.15, 0.2) is 54.7 Å².